The van der Waals surface area contributed by atoms with Crippen LogP contribution < -0.4 is 0 Å². The largest absolute Gasteiger partial charge is 0.109 e. The average molecular weight is 514 g/mol. The first-order valence-corrected chi connectivity index (χ1v) is 32.6. The molecule has 0 aromatic heterocycles. The van der Waals surface area contributed by atoms with E-state index in [-0.39, 0.29) is 27.9 Å². The summed E-state index contributed by atoms with van der Waals surface area (Å²) in [5.41, 5.74) is 0. The van der Waals surface area contributed by atoms with Gasteiger partial charge in [0.25, 0.3) is 0 Å². The van der Waals surface area contributed by atoms with Crippen molar-refractivity contribution in [3.05, 3.63) is 0 Å². The van der Waals surface area contributed by atoms with E-state index in [9.17, 15) is 0 Å². The summed E-state index contributed by atoms with van der Waals surface area (Å²) in [4.78, 5) is 0. The fraction of sp³-hybridized carbons (Fsp3) is 0. The Morgan fingerprint density at radius 1 is 0.625 bits per heavy atom. The van der Waals surface area contributed by atoms with Gasteiger partial charge < -0.3 is 0 Å². The number of hydrogen-bond acceptors (Lipinski definition) is 0. The van der Waals surface area contributed by atoms with Crippen LogP contribution in [0.5, 0.6) is 0 Å². The number of hydrogen-bond donors (Lipinski definition) is 0. The highest BCUT2D eigenvalue weighted by Crippen LogP contribution is 3.18. The molecule has 15 atom stereocenters. The van der Waals surface area contributed by atoms with Crippen LogP contribution in [-0.2, 0) is 0 Å². The predicted molar refractivity (Wildman–Crippen MR) is 136 cm³/mol. The van der Waals surface area contributed by atoms with Gasteiger partial charge in [0.05, 0.1) is 0 Å². The Hall–Kier alpha value is 6.88. The monoisotopic (exact) mass is 514 g/mol. The summed E-state index contributed by atoms with van der Waals surface area (Å²) in [6.45, 7) is 1.22. The van der Waals surface area contributed by atoms with E-state index in [0.717, 1.165) is 23.9 Å². The zero-order valence-electron chi connectivity index (χ0n) is 8.28. The SMILES string of the molecule is PPP(P)PP(P)P(P(P)PP)P(P)PP. The smallest absolute Gasteiger partial charge is 0.00569 e. The van der Waals surface area contributed by atoms with Gasteiger partial charge in [-0.3, -0.25) is 0 Å². The Bertz CT molecular complexity index is 151. The van der Waals surface area contributed by atoms with Gasteiger partial charge in [0.2, 0.25) is 0 Å². The highest BCUT2D eigenvalue weighted by molar-refractivity contribution is 9.23. The molecule has 16 heavy (non-hydrogen) atoms. The highest BCUT2D eigenvalue weighted by Gasteiger charge is 2.28. The molecule has 0 spiro atoms. The van der Waals surface area contributed by atoms with Crippen molar-refractivity contribution in [2.24, 2.45) is 0 Å². The summed E-state index contributed by atoms with van der Waals surface area (Å²) in [5, 5.41) is 0. The quantitative estimate of drug-likeness (QED) is 0.284. The first-order valence-electron chi connectivity index (χ1n) is 3.62. The summed E-state index contributed by atoms with van der Waals surface area (Å²) in [6, 6.07) is 0. The van der Waals surface area contributed by atoms with E-state index in [1.807, 2.05) is 0 Å². The van der Waals surface area contributed by atoms with E-state index in [1.165, 1.54) is 7.96 Å². The minimum atomic E-state index is 0.224. The van der Waals surface area contributed by atoms with Gasteiger partial charge in [0.15, 0.2) is 0 Å². The second-order valence-electron chi connectivity index (χ2n) is 2.16. The molecule has 16 heteroatoms. The third-order valence-corrected chi connectivity index (χ3v) is 96.6. The molecular formula is H18P16. The van der Waals surface area contributed by atoms with Crippen molar-refractivity contribution in [3.63, 3.8) is 0 Å². The van der Waals surface area contributed by atoms with Crippen LogP contribution in [0.2, 0.25) is 0 Å². The van der Waals surface area contributed by atoms with Crippen LogP contribution in [0.4, 0.5) is 0 Å². The highest BCUT2D eigenvalue weighted by atomic mass is 33.3. The average Bonchev–Trinajstić information content (AvgIpc) is 2.28. The zero-order chi connectivity index (χ0) is 12.7. The van der Waals surface area contributed by atoms with Crippen LogP contribution in [0.25, 0.3) is 0 Å². The van der Waals surface area contributed by atoms with E-state index in [1.54, 1.807) is 0 Å². The third-order valence-electron chi connectivity index (χ3n) is 1.19. The molecule has 0 amide bonds. The van der Waals surface area contributed by atoms with E-state index in [4.69, 9.17) is 0 Å². The molecule has 0 aliphatic heterocycles. The first kappa shape index (κ1) is 22.9. The Kier molecular flexibility index (Phi) is 20.4. The van der Waals surface area contributed by atoms with Gasteiger partial charge in [-0.25, -0.2) is 0 Å². The normalized spacial score (nSPS) is 24.2. The Morgan fingerprint density at radius 2 is 1.06 bits per heavy atom. The van der Waals surface area contributed by atoms with Gasteiger partial charge in [0.1, 0.15) is 0 Å². The predicted octanol–water partition coefficient (Wildman–Crippen LogP) is 8.96. The molecule has 0 nitrogen and oxygen atoms in total. The lowest BCUT2D eigenvalue weighted by Crippen LogP contribution is -1.44. The van der Waals surface area contributed by atoms with Gasteiger partial charge in [-0.2, -0.15) is 0 Å². The van der Waals surface area contributed by atoms with Crippen molar-refractivity contribution < 1.29 is 0 Å². The lowest BCUT2D eigenvalue weighted by molar-refractivity contribution is 4.62. The zero-order valence-corrected chi connectivity index (χ0v) is 24.8. The summed E-state index contributed by atoms with van der Waals surface area (Å²) < 4.78 is 0. The van der Waals surface area contributed by atoms with Crippen LogP contribution in [0, 0.1) is 0 Å². The Morgan fingerprint density at radius 3 is 1.38 bits per heavy atom. The fourth-order valence-corrected chi connectivity index (χ4v) is 144. The minimum Gasteiger partial charge on any atom is -0.109 e. The van der Waals surface area contributed by atoms with Crippen molar-refractivity contribution >= 4 is 129 Å². The molecule has 0 bridgehead atoms. The molecule has 0 saturated heterocycles. The summed E-state index contributed by atoms with van der Waals surface area (Å²) in [6.07, 6.45) is 0. The van der Waals surface area contributed by atoms with Crippen LogP contribution in [-0.4, -0.2) is 0 Å². The molecule has 0 N–H and O–H groups in total. The molecule has 98 valence electrons. The van der Waals surface area contributed by atoms with Crippen molar-refractivity contribution in [1.82, 2.24) is 0 Å². The molecule has 0 aliphatic carbocycles. The van der Waals surface area contributed by atoms with Crippen LogP contribution in [0.1, 0.15) is 0 Å². The first-order chi connectivity index (χ1) is 7.47. The van der Waals surface area contributed by atoms with E-state index >= 15 is 0 Å². The van der Waals surface area contributed by atoms with Gasteiger partial charge in [-0.05, 0) is 34.9 Å². The molecule has 0 aromatic rings. The maximum Gasteiger partial charge on any atom is -0.00569 e. The Labute approximate surface area is 128 Å². The van der Waals surface area contributed by atoms with Crippen LogP contribution >= 0.6 is 129 Å². The maximum absolute atomic E-state index is 3.24. The molecule has 0 fully saturated rings. The third kappa shape index (κ3) is 9.89. The minimum absolute atomic E-state index is 0.224. The van der Waals surface area contributed by atoms with Crippen molar-refractivity contribution in [2.75, 3.05) is 0 Å². The van der Waals surface area contributed by atoms with E-state index in [0.29, 0.717) is 6.99 Å². The van der Waals surface area contributed by atoms with E-state index in [2.05, 4.69) is 62.5 Å². The van der Waals surface area contributed by atoms with Crippen molar-refractivity contribution in [3.8, 4) is 0 Å². The molecule has 0 aliphatic rings. The molecule has 0 radical (unpaired) electrons. The molecular weight excluding hydrogens is 496 g/mol. The fourth-order valence-electron chi connectivity index (χ4n) is 0.594. The second kappa shape index (κ2) is 14.2. The summed E-state index contributed by atoms with van der Waals surface area (Å²) in [5.74, 6) is 0. The van der Waals surface area contributed by atoms with Gasteiger partial charge >= 0.3 is 0 Å². The second-order valence-corrected chi connectivity index (χ2v) is 58.3. The standard InChI is InChI=1S/H18P16/c1-8-12(4)11-15(7)16(13(5)9-2)14(6)10-3/h8-11H,1-7H2. The summed E-state index contributed by atoms with van der Waals surface area (Å²) in [7, 11) is 26.0. The molecule has 15 unspecified atom stereocenters. The maximum atomic E-state index is 3.24. The van der Waals surface area contributed by atoms with Crippen LogP contribution in [0.15, 0.2) is 0 Å². The van der Waals surface area contributed by atoms with E-state index < -0.39 is 0 Å². The summed E-state index contributed by atoms with van der Waals surface area (Å²) >= 11 is 0. The van der Waals surface area contributed by atoms with Crippen molar-refractivity contribution in [1.29, 1.82) is 0 Å². The van der Waals surface area contributed by atoms with Crippen molar-refractivity contribution in [2.45, 2.75) is 0 Å². The molecule has 0 rings (SSSR count). The topological polar surface area (TPSA) is 0 Å². The lowest BCUT2D eigenvalue weighted by Gasteiger charge is -2.34. The molecule has 0 heterocycles. The molecule has 0 saturated carbocycles. The molecule has 0 aromatic carbocycles. The lowest BCUT2D eigenvalue weighted by atomic mass is 28.7. The number of rotatable bonds is 8. The Balaban J connectivity index is 4.49. The van der Waals surface area contributed by atoms with Gasteiger partial charge in [-0.1, -0.05) is 31.8 Å². The van der Waals surface area contributed by atoms with Crippen LogP contribution in [0.3, 0.4) is 0 Å². The van der Waals surface area contributed by atoms with Gasteiger partial charge in [0, 0.05) is 0 Å². The van der Waals surface area contributed by atoms with Gasteiger partial charge in [-0.15, -0.1) is 62.5 Å².